The van der Waals surface area contributed by atoms with Crippen LogP contribution in [0.15, 0.2) is 54.6 Å². The number of fused-ring (bicyclic) bond motifs is 1. The first-order valence-corrected chi connectivity index (χ1v) is 10.9. The van der Waals surface area contributed by atoms with Crippen molar-refractivity contribution in [1.82, 2.24) is 4.90 Å². The molecular weight excluding hydrogens is 378 g/mol. The molecule has 4 rings (SSSR count). The molecule has 2 heterocycles. The highest BCUT2D eigenvalue weighted by Gasteiger charge is 2.29. The van der Waals surface area contributed by atoms with Gasteiger partial charge in [0.2, 0.25) is 0 Å². The monoisotopic (exact) mass is 405 g/mol. The molecule has 1 aromatic heterocycles. The average molecular weight is 406 g/mol. The number of benzene rings is 2. The zero-order valence-electron chi connectivity index (χ0n) is 17.2. The molecule has 1 fully saturated rings. The molecule has 3 nitrogen and oxygen atoms in total. The van der Waals surface area contributed by atoms with Crippen molar-refractivity contribution in [2.75, 3.05) is 20.7 Å². The molecule has 3 atom stereocenters. The molecule has 0 unspecified atom stereocenters. The zero-order chi connectivity index (χ0) is 20.2. The second-order valence-corrected chi connectivity index (χ2v) is 8.71. The van der Waals surface area contributed by atoms with Gasteiger partial charge in [0.1, 0.15) is 6.61 Å². The first kappa shape index (κ1) is 20.1. The Morgan fingerprint density at radius 3 is 2.59 bits per heavy atom. The van der Waals surface area contributed by atoms with Crippen LogP contribution in [0.4, 0.5) is 0 Å². The van der Waals surface area contributed by atoms with Crippen LogP contribution in [0, 0.1) is 11.8 Å². The van der Waals surface area contributed by atoms with Crippen molar-refractivity contribution in [3.63, 3.8) is 0 Å². The van der Waals surface area contributed by atoms with Gasteiger partial charge in [0, 0.05) is 22.5 Å². The zero-order valence-corrected chi connectivity index (χ0v) is 18.0. The second kappa shape index (κ2) is 9.11. The molecule has 1 aliphatic heterocycles. The molecule has 3 aromatic rings. The molecule has 0 N–H and O–H groups in total. The van der Waals surface area contributed by atoms with Gasteiger partial charge in [0.25, 0.3) is 0 Å². The summed E-state index contributed by atoms with van der Waals surface area (Å²) in [5.74, 6) is 6.61. The fourth-order valence-corrected chi connectivity index (χ4v) is 5.13. The van der Waals surface area contributed by atoms with E-state index in [4.69, 9.17) is 9.47 Å². The van der Waals surface area contributed by atoms with E-state index in [9.17, 15) is 0 Å². The third-order valence-corrected chi connectivity index (χ3v) is 6.68. The molecule has 0 amide bonds. The first-order chi connectivity index (χ1) is 14.1. The predicted molar refractivity (Wildman–Crippen MR) is 121 cm³/mol. The van der Waals surface area contributed by atoms with Crippen LogP contribution in [-0.4, -0.2) is 44.0 Å². The fraction of sp³-hybridized carbons (Fsp3) is 0.360. The Morgan fingerprint density at radius 1 is 1.07 bits per heavy atom. The molecule has 0 saturated carbocycles. The number of ether oxygens (including phenoxy) is 2. The minimum atomic E-state index is -0.164. The number of rotatable bonds is 4. The van der Waals surface area contributed by atoms with Crippen molar-refractivity contribution in [3.8, 4) is 22.3 Å². The summed E-state index contributed by atoms with van der Waals surface area (Å²) in [6.07, 6.45) is 2.00. The van der Waals surface area contributed by atoms with Crippen molar-refractivity contribution in [3.05, 3.63) is 60.2 Å². The van der Waals surface area contributed by atoms with Gasteiger partial charge in [0.05, 0.1) is 16.5 Å². The van der Waals surface area contributed by atoms with E-state index < -0.39 is 0 Å². The lowest BCUT2D eigenvalue weighted by Gasteiger charge is -2.37. The molecule has 4 heteroatoms. The van der Waals surface area contributed by atoms with Gasteiger partial charge in [-0.25, -0.2) is 0 Å². The summed E-state index contributed by atoms with van der Waals surface area (Å²) in [5.41, 5.74) is 2.30. The average Bonchev–Trinajstić information content (AvgIpc) is 3.10. The van der Waals surface area contributed by atoms with Crippen LogP contribution >= 0.6 is 11.3 Å². The van der Waals surface area contributed by atoms with Crippen molar-refractivity contribution in [2.24, 2.45) is 0 Å². The van der Waals surface area contributed by atoms with E-state index in [0.717, 1.165) is 18.4 Å². The van der Waals surface area contributed by atoms with Gasteiger partial charge in [-0.1, -0.05) is 60.4 Å². The van der Waals surface area contributed by atoms with E-state index >= 15 is 0 Å². The summed E-state index contributed by atoms with van der Waals surface area (Å²) in [4.78, 5) is 3.45. The number of hydrogen-bond donors (Lipinski definition) is 0. The SMILES string of the molecule is C[C@@H]1O[C@@H](OCC#Cc2c(-c3ccccc3)sc3ccccc23)CC[C@@H]1N(C)C. The van der Waals surface area contributed by atoms with E-state index in [0.29, 0.717) is 12.6 Å². The molecule has 2 aromatic carbocycles. The van der Waals surface area contributed by atoms with E-state index in [2.05, 4.69) is 86.3 Å². The van der Waals surface area contributed by atoms with Gasteiger partial charge in [-0.15, -0.1) is 11.3 Å². The lowest BCUT2D eigenvalue weighted by Crippen LogP contribution is -2.45. The lowest BCUT2D eigenvalue weighted by atomic mass is 10.0. The van der Waals surface area contributed by atoms with Gasteiger partial charge < -0.3 is 14.4 Å². The van der Waals surface area contributed by atoms with E-state index in [-0.39, 0.29) is 12.4 Å². The maximum Gasteiger partial charge on any atom is 0.159 e. The maximum atomic E-state index is 6.03. The Kier molecular flexibility index (Phi) is 6.32. The molecule has 29 heavy (non-hydrogen) atoms. The number of hydrogen-bond acceptors (Lipinski definition) is 4. The normalized spacial score (nSPS) is 21.9. The van der Waals surface area contributed by atoms with Crippen LogP contribution in [0.3, 0.4) is 0 Å². The highest BCUT2D eigenvalue weighted by molar-refractivity contribution is 7.22. The van der Waals surface area contributed by atoms with Gasteiger partial charge >= 0.3 is 0 Å². The second-order valence-electron chi connectivity index (χ2n) is 7.66. The van der Waals surface area contributed by atoms with Crippen LogP contribution in [0.25, 0.3) is 20.5 Å². The van der Waals surface area contributed by atoms with Gasteiger partial charge in [-0.2, -0.15) is 0 Å². The quantitative estimate of drug-likeness (QED) is 0.543. The topological polar surface area (TPSA) is 21.7 Å². The summed E-state index contributed by atoms with van der Waals surface area (Å²) in [7, 11) is 4.21. The van der Waals surface area contributed by atoms with Gasteiger partial charge in [-0.05, 0) is 39.1 Å². The van der Waals surface area contributed by atoms with Crippen LogP contribution in [0.1, 0.15) is 25.3 Å². The first-order valence-electron chi connectivity index (χ1n) is 10.1. The highest BCUT2D eigenvalue weighted by atomic mass is 32.1. The number of nitrogens with zero attached hydrogens (tertiary/aromatic N) is 1. The maximum absolute atomic E-state index is 6.03. The summed E-state index contributed by atoms with van der Waals surface area (Å²) >= 11 is 1.79. The Balaban J connectivity index is 1.49. The van der Waals surface area contributed by atoms with E-state index in [1.165, 1.54) is 20.5 Å². The largest absolute Gasteiger partial charge is 0.348 e. The summed E-state index contributed by atoms with van der Waals surface area (Å²) < 4.78 is 13.2. The number of thiophene rings is 1. The minimum absolute atomic E-state index is 0.164. The summed E-state index contributed by atoms with van der Waals surface area (Å²) in [5, 5.41) is 1.21. The predicted octanol–water partition coefficient (Wildman–Crippen LogP) is 5.39. The van der Waals surface area contributed by atoms with Crippen LogP contribution in [0.5, 0.6) is 0 Å². The third-order valence-electron chi connectivity index (χ3n) is 5.46. The van der Waals surface area contributed by atoms with E-state index in [1.54, 1.807) is 11.3 Å². The summed E-state index contributed by atoms with van der Waals surface area (Å²) in [6, 6.07) is 19.4. The molecular formula is C25H27NO2S. The molecule has 0 bridgehead atoms. The van der Waals surface area contributed by atoms with Gasteiger partial charge in [-0.3, -0.25) is 0 Å². The van der Waals surface area contributed by atoms with Crippen LogP contribution < -0.4 is 0 Å². The van der Waals surface area contributed by atoms with Crippen LogP contribution in [0.2, 0.25) is 0 Å². The molecule has 1 aliphatic rings. The lowest BCUT2D eigenvalue weighted by molar-refractivity contribution is -0.199. The van der Waals surface area contributed by atoms with E-state index in [1.807, 2.05) is 6.07 Å². The smallest absolute Gasteiger partial charge is 0.159 e. The van der Waals surface area contributed by atoms with Crippen LogP contribution in [-0.2, 0) is 9.47 Å². The summed E-state index contributed by atoms with van der Waals surface area (Å²) in [6.45, 7) is 2.50. The Bertz CT molecular complexity index is 1020. The van der Waals surface area contributed by atoms with Crippen molar-refractivity contribution in [2.45, 2.75) is 38.2 Å². The molecule has 1 saturated heterocycles. The minimum Gasteiger partial charge on any atom is -0.348 e. The molecule has 0 aliphatic carbocycles. The highest BCUT2D eigenvalue weighted by Crippen LogP contribution is 2.38. The Hall–Kier alpha value is -2.16. The van der Waals surface area contributed by atoms with Crippen molar-refractivity contribution in [1.29, 1.82) is 0 Å². The Labute approximate surface area is 177 Å². The third kappa shape index (κ3) is 4.55. The van der Waals surface area contributed by atoms with Gasteiger partial charge in [0.15, 0.2) is 6.29 Å². The Morgan fingerprint density at radius 2 is 1.83 bits per heavy atom. The standard InChI is InChI=1S/C25H27NO2S/c1-18-22(26(2)3)15-16-24(28-18)27-17-9-13-21-20-12-7-8-14-23(20)29-25(21)19-10-5-4-6-11-19/h4-8,10-12,14,18,22,24H,15-17H2,1-3H3/t18-,22-,24+/m0/s1. The molecule has 0 radical (unpaired) electrons. The van der Waals surface area contributed by atoms with Crippen molar-refractivity contribution >= 4 is 21.4 Å². The number of likely N-dealkylation sites (N-methyl/N-ethyl adjacent to an activating group) is 1. The van der Waals surface area contributed by atoms with Crippen molar-refractivity contribution < 1.29 is 9.47 Å². The molecule has 0 spiro atoms. The molecule has 150 valence electrons. The fourth-order valence-electron chi connectivity index (χ4n) is 3.96.